The van der Waals surface area contributed by atoms with E-state index in [9.17, 15) is 4.79 Å². The molecule has 5 heteroatoms. The zero-order chi connectivity index (χ0) is 14.1. The van der Waals surface area contributed by atoms with Gasteiger partial charge in [0.2, 0.25) is 0 Å². The van der Waals surface area contributed by atoms with Crippen LogP contribution in [0.1, 0.15) is 16.1 Å². The predicted molar refractivity (Wildman–Crippen MR) is 82.9 cm³/mol. The van der Waals surface area contributed by atoms with Crippen LogP contribution in [0.3, 0.4) is 0 Å². The second kappa shape index (κ2) is 5.09. The van der Waals surface area contributed by atoms with Crippen molar-refractivity contribution in [3.8, 4) is 0 Å². The van der Waals surface area contributed by atoms with Gasteiger partial charge in [0.15, 0.2) is 5.82 Å². The first-order chi connectivity index (χ1) is 9.65. The van der Waals surface area contributed by atoms with Crippen molar-refractivity contribution in [1.29, 1.82) is 0 Å². The van der Waals surface area contributed by atoms with Gasteiger partial charge in [-0.15, -0.1) is 0 Å². The van der Waals surface area contributed by atoms with E-state index in [-0.39, 0.29) is 5.91 Å². The summed E-state index contributed by atoms with van der Waals surface area (Å²) in [5.74, 6) is 0.323. The van der Waals surface area contributed by atoms with Crippen LogP contribution in [0.5, 0.6) is 0 Å². The van der Waals surface area contributed by atoms with Gasteiger partial charge in [0.25, 0.3) is 5.91 Å². The van der Waals surface area contributed by atoms with Crippen molar-refractivity contribution in [2.24, 2.45) is 0 Å². The monoisotopic (exact) mass is 329 g/mol. The van der Waals surface area contributed by atoms with Crippen LogP contribution in [0.25, 0.3) is 10.8 Å². The van der Waals surface area contributed by atoms with Gasteiger partial charge in [-0.2, -0.15) is 5.10 Å². The van der Waals surface area contributed by atoms with Gasteiger partial charge in [-0.05, 0) is 45.8 Å². The maximum absolute atomic E-state index is 12.2. The summed E-state index contributed by atoms with van der Waals surface area (Å²) in [6, 6.07) is 13.6. The van der Waals surface area contributed by atoms with Gasteiger partial charge in [-0.1, -0.05) is 30.3 Å². The molecule has 1 heterocycles. The van der Waals surface area contributed by atoms with Crippen LogP contribution in [-0.2, 0) is 0 Å². The molecule has 1 aromatic heterocycles. The Hall–Kier alpha value is -2.14. The van der Waals surface area contributed by atoms with Crippen LogP contribution >= 0.6 is 15.9 Å². The number of nitrogens with one attached hydrogen (secondary N) is 2. The first-order valence-electron chi connectivity index (χ1n) is 6.16. The van der Waals surface area contributed by atoms with Crippen molar-refractivity contribution in [3.63, 3.8) is 0 Å². The predicted octanol–water partition coefficient (Wildman–Crippen LogP) is 3.89. The number of aryl methyl sites for hydroxylation is 1. The quantitative estimate of drug-likeness (QED) is 0.749. The topological polar surface area (TPSA) is 57.8 Å². The molecule has 0 bridgehead atoms. The lowest BCUT2D eigenvalue weighted by molar-refractivity contribution is 0.102. The summed E-state index contributed by atoms with van der Waals surface area (Å²) in [4.78, 5) is 12.2. The van der Waals surface area contributed by atoms with Crippen LogP contribution < -0.4 is 5.32 Å². The van der Waals surface area contributed by atoms with Gasteiger partial charge in [0, 0.05) is 11.3 Å². The first-order valence-corrected chi connectivity index (χ1v) is 6.95. The lowest BCUT2D eigenvalue weighted by Gasteiger charge is -2.04. The van der Waals surface area contributed by atoms with Crippen molar-refractivity contribution < 1.29 is 4.79 Å². The Morgan fingerprint density at radius 1 is 1.20 bits per heavy atom. The molecule has 0 radical (unpaired) electrons. The second-order valence-corrected chi connectivity index (χ2v) is 5.32. The average molecular weight is 330 g/mol. The Bertz CT molecular complexity index is 795. The number of rotatable bonds is 2. The molecule has 0 aliphatic carbocycles. The van der Waals surface area contributed by atoms with E-state index in [1.165, 1.54) is 0 Å². The highest BCUT2D eigenvalue weighted by molar-refractivity contribution is 9.10. The van der Waals surface area contributed by atoms with Gasteiger partial charge in [0.1, 0.15) is 0 Å². The average Bonchev–Trinajstić information content (AvgIpc) is 2.78. The third-order valence-corrected chi connectivity index (χ3v) is 4.09. The molecule has 0 fully saturated rings. The number of nitrogens with zero attached hydrogens (tertiary/aromatic N) is 1. The number of amides is 1. The molecule has 2 N–H and O–H groups in total. The number of benzene rings is 2. The summed E-state index contributed by atoms with van der Waals surface area (Å²) >= 11 is 3.38. The van der Waals surface area contributed by atoms with Crippen molar-refractivity contribution in [2.45, 2.75) is 6.92 Å². The number of aromatic nitrogens is 2. The number of H-pyrrole nitrogens is 1. The van der Waals surface area contributed by atoms with Gasteiger partial charge >= 0.3 is 0 Å². The van der Waals surface area contributed by atoms with E-state index in [4.69, 9.17) is 0 Å². The van der Waals surface area contributed by atoms with E-state index in [0.717, 1.165) is 20.9 Å². The first kappa shape index (κ1) is 12.9. The maximum Gasteiger partial charge on any atom is 0.256 e. The highest BCUT2D eigenvalue weighted by Crippen LogP contribution is 2.23. The van der Waals surface area contributed by atoms with E-state index in [1.54, 1.807) is 0 Å². The molecule has 0 atom stereocenters. The summed E-state index contributed by atoms with van der Waals surface area (Å²) in [6.07, 6.45) is 0. The third kappa shape index (κ3) is 2.32. The van der Waals surface area contributed by atoms with Crippen molar-refractivity contribution >= 4 is 38.4 Å². The van der Waals surface area contributed by atoms with Gasteiger partial charge in [-0.3, -0.25) is 9.89 Å². The largest absolute Gasteiger partial charge is 0.304 e. The minimum Gasteiger partial charge on any atom is -0.304 e. The van der Waals surface area contributed by atoms with Crippen molar-refractivity contribution in [2.75, 3.05) is 5.32 Å². The number of carbonyl (C=O) groups excluding carboxylic acids is 1. The molecule has 0 aliphatic rings. The molecule has 0 saturated carbocycles. The minimum absolute atomic E-state index is 0.178. The Balaban J connectivity index is 1.90. The molecule has 20 heavy (non-hydrogen) atoms. The molecule has 3 rings (SSSR count). The van der Waals surface area contributed by atoms with Gasteiger partial charge < -0.3 is 5.32 Å². The Labute approximate surface area is 124 Å². The third-order valence-electron chi connectivity index (χ3n) is 3.12. The second-order valence-electron chi connectivity index (χ2n) is 4.53. The summed E-state index contributed by atoms with van der Waals surface area (Å²) in [5, 5.41) is 11.8. The molecular weight excluding hydrogens is 318 g/mol. The number of fused-ring (bicyclic) bond motifs is 1. The zero-order valence-electron chi connectivity index (χ0n) is 10.8. The van der Waals surface area contributed by atoms with Crippen LogP contribution in [0.15, 0.2) is 46.9 Å². The van der Waals surface area contributed by atoms with Crippen molar-refractivity contribution in [3.05, 3.63) is 58.2 Å². The lowest BCUT2D eigenvalue weighted by Crippen LogP contribution is -2.12. The molecule has 4 nitrogen and oxygen atoms in total. The molecule has 0 unspecified atom stereocenters. The number of aromatic amines is 1. The Morgan fingerprint density at radius 2 is 1.95 bits per heavy atom. The SMILES string of the molecule is Cc1[nH]nc(NC(=O)c2ccc3ccccc3c2)c1Br. The van der Waals surface area contributed by atoms with E-state index >= 15 is 0 Å². The molecule has 0 aliphatic heterocycles. The fourth-order valence-corrected chi connectivity index (χ4v) is 2.29. The van der Waals surface area contributed by atoms with Gasteiger partial charge in [-0.25, -0.2) is 0 Å². The number of hydrogen-bond acceptors (Lipinski definition) is 2. The number of halogens is 1. The van der Waals surface area contributed by atoms with Crippen LogP contribution in [-0.4, -0.2) is 16.1 Å². The van der Waals surface area contributed by atoms with Crippen LogP contribution in [0.4, 0.5) is 5.82 Å². The number of anilines is 1. The Morgan fingerprint density at radius 3 is 2.65 bits per heavy atom. The molecule has 0 spiro atoms. The zero-order valence-corrected chi connectivity index (χ0v) is 12.4. The summed E-state index contributed by atoms with van der Waals surface area (Å²) in [7, 11) is 0. The van der Waals surface area contributed by atoms with Gasteiger partial charge in [0.05, 0.1) is 4.47 Å². The highest BCUT2D eigenvalue weighted by Gasteiger charge is 2.12. The van der Waals surface area contributed by atoms with Crippen LogP contribution in [0, 0.1) is 6.92 Å². The maximum atomic E-state index is 12.2. The Kier molecular flexibility index (Phi) is 3.28. The fraction of sp³-hybridized carbons (Fsp3) is 0.0667. The summed E-state index contributed by atoms with van der Waals surface area (Å²) < 4.78 is 0.770. The van der Waals surface area contributed by atoms with Crippen molar-refractivity contribution in [1.82, 2.24) is 10.2 Å². The van der Waals surface area contributed by atoms with E-state index in [2.05, 4.69) is 31.4 Å². The number of carbonyl (C=O) groups is 1. The number of hydrogen-bond donors (Lipinski definition) is 2. The summed E-state index contributed by atoms with van der Waals surface area (Å²) in [6.45, 7) is 1.88. The normalized spacial score (nSPS) is 10.7. The highest BCUT2D eigenvalue weighted by atomic mass is 79.9. The minimum atomic E-state index is -0.178. The molecule has 1 amide bonds. The molecular formula is C15H12BrN3O. The molecule has 2 aromatic carbocycles. The lowest BCUT2D eigenvalue weighted by atomic mass is 10.1. The van der Waals surface area contributed by atoms with Crippen LogP contribution in [0.2, 0.25) is 0 Å². The molecule has 100 valence electrons. The fourth-order valence-electron chi connectivity index (χ4n) is 2.01. The van der Waals surface area contributed by atoms with E-state index in [0.29, 0.717) is 11.4 Å². The standard InChI is InChI=1S/C15H12BrN3O/c1-9-13(16)14(19-18-9)17-15(20)12-7-6-10-4-2-3-5-11(10)8-12/h2-8H,1H3,(H2,17,18,19,20). The molecule has 0 saturated heterocycles. The smallest absolute Gasteiger partial charge is 0.256 e. The van der Waals surface area contributed by atoms with E-state index < -0.39 is 0 Å². The molecule has 3 aromatic rings. The van der Waals surface area contributed by atoms with E-state index in [1.807, 2.05) is 49.4 Å². The summed E-state index contributed by atoms with van der Waals surface area (Å²) in [5.41, 5.74) is 1.48.